The molecule has 0 saturated heterocycles. The molecular weight excluding hydrogens is 198 g/mol. The molecule has 0 aliphatic carbocycles. The van der Waals surface area contributed by atoms with Crippen LogP contribution in [0.5, 0.6) is 0 Å². The predicted molar refractivity (Wildman–Crippen MR) is 60.7 cm³/mol. The fourth-order valence-corrected chi connectivity index (χ4v) is 1.58. The quantitative estimate of drug-likeness (QED) is 0.762. The summed E-state index contributed by atoms with van der Waals surface area (Å²) in [5.74, 6) is 0.756. The molecule has 0 radical (unpaired) electrons. The van der Waals surface area contributed by atoms with Gasteiger partial charge in [0.1, 0.15) is 5.82 Å². The van der Waals surface area contributed by atoms with Crippen molar-refractivity contribution in [3.8, 4) is 6.07 Å². The third-order valence-corrected chi connectivity index (χ3v) is 2.34. The van der Waals surface area contributed by atoms with Crippen LogP contribution in [0.25, 0.3) is 0 Å². The van der Waals surface area contributed by atoms with E-state index in [1.165, 1.54) is 0 Å². The minimum atomic E-state index is 0.674. The van der Waals surface area contributed by atoms with Crippen LogP contribution < -0.4 is 0 Å². The first kappa shape index (κ1) is 10.3. The highest BCUT2D eigenvalue weighted by Gasteiger charge is 2.03. The van der Waals surface area contributed by atoms with E-state index in [1.54, 1.807) is 6.20 Å². The maximum absolute atomic E-state index is 8.97. The number of nitrogens with zero attached hydrogens (tertiary/aromatic N) is 3. The van der Waals surface area contributed by atoms with Gasteiger partial charge in [0, 0.05) is 18.3 Å². The summed E-state index contributed by atoms with van der Waals surface area (Å²) in [4.78, 5) is 8.37. The second kappa shape index (κ2) is 4.54. The van der Waals surface area contributed by atoms with Crippen molar-refractivity contribution in [2.24, 2.45) is 0 Å². The molecule has 0 saturated carbocycles. The van der Waals surface area contributed by atoms with Crippen LogP contribution in [0, 0.1) is 18.3 Å². The average molecular weight is 209 g/mol. The van der Waals surface area contributed by atoms with Crippen LogP contribution in [-0.4, -0.2) is 9.97 Å². The van der Waals surface area contributed by atoms with Crippen molar-refractivity contribution < 1.29 is 0 Å². The van der Waals surface area contributed by atoms with Gasteiger partial charge in [-0.1, -0.05) is 18.2 Å². The predicted octanol–water partition coefficient (Wildman–Crippen LogP) is 2.25. The molecule has 0 bridgehead atoms. The van der Waals surface area contributed by atoms with Crippen LogP contribution in [0.2, 0.25) is 0 Å². The number of nitriles is 1. The van der Waals surface area contributed by atoms with Gasteiger partial charge in [-0.05, 0) is 24.6 Å². The zero-order valence-corrected chi connectivity index (χ0v) is 9.01. The summed E-state index contributed by atoms with van der Waals surface area (Å²) >= 11 is 0. The highest BCUT2D eigenvalue weighted by molar-refractivity contribution is 5.39. The molecule has 3 heteroatoms. The molecule has 0 atom stereocenters. The van der Waals surface area contributed by atoms with Gasteiger partial charge >= 0.3 is 0 Å². The Labute approximate surface area is 94.4 Å². The fourth-order valence-electron chi connectivity index (χ4n) is 1.58. The average Bonchev–Trinajstić information content (AvgIpc) is 2.30. The van der Waals surface area contributed by atoms with E-state index < -0.39 is 0 Å². The molecule has 2 rings (SSSR count). The molecule has 0 aliphatic rings. The number of hydrogen-bond donors (Lipinski definition) is 0. The topological polar surface area (TPSA) is 49.6 Å². The van der Waals surface area contributed by atoms with Gasteiger partial charge in [-0.3, -0.25) is 0 Å². The second-order valence-corrected chi connectivity index (χ2v) is 3.54. The Balaban J connectivity index is 2.31. The zero-order chi connectivity index (χ0) is 11.4. The van der Waals surface area contributed by atoms with E-state index in [4.69, 9.17) is 5.26 Å². The minimum Gasteiger partial charge on any atom is -0.242 e. The standard InChI is InChI=1S/C13H11N3/c1-10-15-7-6-13(16-10)8-11-4-2-3-5-12(11)9-14/h2-7H,8H2,1H3. The Hall–Kier alpha value is -2.21. The number of aryl methyl sites for hydroxylation is 1. The molecule has 2 aromatic rings. The Morgan fingerprint density at radius 1 is 1.25 bits per heavy atom. The first-order chi connectivity index (χ1) is 7.79. The van der Waals surface area contributed by atoms with E-state index in [9.17, 15) is 0 Å². The third-order valence-electron chi connectivity index (χ3n) is 2.34. The highest BCUT2D eigenvalue weighted by Crippen LogP contribution is 2.11. The van der Waals surface area contributed by atoms with Crippen molar-refractivity contribution in [3.63, 3.8) is 0 Å². The molecule has 0 unspecified atom stereocenters. The Morgan fingerprint density at radius 2 is 2.06 bits per heavy atom. The lowest BCUT2D eigenvalue weighted by Gasteiger charge is -2.03. The molecule has 16 heavy (non-hydrogen) atoms. The van der Waals surface area contributed by atoms with Crippen LogP contribution >= 0.6 is 0 Å². The Bertz CT molecular complexity index is 541. The van der Waals surface area contributed by atoms with Crippen LogP contribution in [0.1, 0.15) is 22.6 Å². The number of rotatable bonds is 2. The second-order valence-electron chi connectivity index (χ2n) is 3.54. The molecule has 0 fully saturated rings. The van der Waals surface area contributed by atoms with Gasteiger partial charge in [0.25, 0.3) is 0 Å². The summed E-state index contributed by atoms with van der Waals surface area (Å²) in [6, 6.07) is 11.6. The van der Waals surface area contributed by atoms with Gasteiger partial charge in [0.15, 0.2) is 0 Å². The lowest BCUT2D eigenvalue weighted by molar-refractivity contribution is 0.966. The summed E-state index contributed by atoms with van der Waals surface area (Å²) in [6.45, 7) is 1.86. The summed E-state index contributed by atoms with van der Waals surface area (Å²) in [5, 5.41) is 8.97. The molecule has 0 spiro atoms. The van der Waals surface area contributed by atoms with E-state index in [2.05, 4.69) is 16.0 Å². The van der Waals surface area contributed by atoms with Crippen LogP contribution in [0.4, 0.5) is 0 Å². The minimum absolute atomic E-state index is 0.674. The van der Waals surface area contributed by atoms with Gasteiger partial charge < -0.3 is 0 Å². The SMILES string of the molecule is Cc1nccc(Cc2ccccc2C#N)n1. The Morgan fingerprint density at radius 3 is 2.81 bits per heavy atom. The van der Waals surface area contributed by atoms with Crippen molar-refractivity contribution in [3.05, 3.63) is 59.2 Å². The molecule has 0 amide bonds. The molecule has 1 aromatic heterocycles. The largest absolute Gasteiger partial charge is 0.242 e. The molecule has 1 aromatic carbocycles. The third kappa shape index (κ3) is 2.23. The molecular formula is C13H11N3. The number of benzene rings is 1. The molecule has 3 nitrogen and oxygen atoms in total. The number of hydrogen-bond acceptors (Lipinski definition) is 3. The highest BCUT2D eigenvalue weighted by atomic mass is 14.9. The van der Waals surface area contributed by atoms with Crippen molar-refractivity contribution >= 4 is 0 Å². The molecule has 1 heterocycles. The van der Waals surface area contributed by atoms with Gasteiger partial charge in [0.2, 0.25) is 0 Å². The van der Waals surface area contributed by atoms with E-state index in [1.807, 2.05) is 37.3 Å². The maximum atomic E-state index is 8.97. The summed E-state index contributed by atoms with van der Waals surface area (Å²) in [7, 11) is 0. The monoisotopic (exact) mass is 209 g/mol. The smallest absolute Gasteiger partial charge is 0.125 e. The summed E-state index contributed by atoms with van der Waals surface area (Å²) in [6.07, 6.45) is 2.42. The summed E-state index contributed by atoms with van der Waals surface area (Å²) < 4.78 is 0. The van der Waals surface area contributed by atoms with Gasteiger partial charge in [-0.2, -0.15) is 5.26 Å². The summed E-state index contributed by atoms with van der Waals surface area (Å²) in [5.41, 5.74) is 2.65. The molecule has 0 N–H and O–H groups in total. The maximum Gasteiger partial charge on any atom is 0.125 e. The Kier molecular flexibility index (Phi) is 2.93. The van der Waals surface area contributed by atoms with Crippen molar-refractivity contribution in [1.29, 1.82) is 5.26 Å². The van der Waals surface area contributed by atoms with Gasteiger partial charge in [0.05, 0.1) is 11.6 Å². The van der Waals surface area contributed by atoms with Crippen LogP contribution in [0.15, 0.2) is 36.5 Å². The van der Waals surface area contributed by atoms with Crippen LogP contribution in [-0.2, 0) is 6.42 Å². The van der Waals surface area contributed by atoms with E-state index >= 15 is 0 Å². The molecule has 78 valence electrons. The lowest BCUT2D eigenvalue weighted by Crippen LogP contribution is -1.97. The molecule has 0 aliphatic heterocycles. The van der Waals surface area contributed by atoms with Crippen molar-refractivity contribution in [1.82, 2.24) is 9.97 Å². The van der Waals surface area contributed by atoms with E-state index in [-0.39, 0.29) is 0 Å². The number of aromatic nitrogens is 2. The first-order valence-electron chi connectivity index (χ1n) is 5.06. The van der Waals surface area contributed by atoms with Crippen LogP contribution in [0.3, 0.4) is 0 Å². The lowest BCUT2D eigenvalue weighted by atomic mass is 10.0. The van der Waals surface area contributed by atoms with Gasteiger partial charge in [-0.25, -0.2) is 9.97 Å². The van der Waals surface area contributed by atoms with E-state index in [0.29, 0.717) is 12.0 Å². The fraction of sp³-hybridized carbons (Fsp3) is 0.154. The first-order valence-corrected chi connectivity index (χ1v) is 5.06. The van der Waals surface area contributed by atoms with E-state index in [0.717, 1.165) is 17.1 Å². The van der Waals surface area contributed by atoms with Crippen molar-refractivity contribution in [2.75, 3.05) is 0 Å². The zero-order valence-electron chi connectivity index (χ0n) is 9.01. The van der Waals surface area contributed by atoms with Crippen molar-refractivity contribution in [2.45, 2.75) is 13.3 Å². The normalized spacial score (nSPS) is 9.75. The van der Waals surface area contributed by atoms with Gasteiger partial charge in [-0.15, -0.1) is 0 Å².